The van der Waals surface area contributed by atoms with Gasteiger partial charge in [-0.1, -0.05) is 0 Å². The van der Waals surface area contributed by atoms with Crippen LogP contribution < -0.4 is 15.5 Å². The maximum atomic E-state index is 12.8. The quantitative estimate of drug-likeness (QED) is 0.785. The molecule has 156 valence electrons. The van der Waals surface area contributed by atoms with Gasteiger partial charge in [-0.05, 0) is 63.8 Å². The highest BCUT2D eigenvalue weighted by atomic mass is 16.6. The van der Waals surface area contributed by atoms with Gasteiger partial charge in [0, 0.05) is 31.5 Å². The SMILES string of the molecule is CC(=O)N1c2cc(C)c(C(C=NC3CC3)=CN)cc2N(C(=O)OC(C)C)CC1C. The van der Waals surface area contributed by atoms with Crippen molar-refractivity contribution in [2.24, 2.45) is 10.7 Å². The number of carbonyl (C=O) groups excluding carboxylic acids is 2. The van der Waals surface area contributed by atoms with Crippen molar-refractivity contribution in [3.8, 4) is 0 Å². The Balaban J connectivity index is 2.09. The zero-order valence-electron chi connectivity index (χ0n) is 17.8. The molecule has 1 heterocycles. The molecule has 1 aromatic rings. The van der Waals surface area contributed by atoms with Crippen LogP contribution in [0.3, 0.4) is 0 Å². The van der Waals surface area contributed by atoms with Gasteiger partial charge in [0.05, 0.1) is 29.6 Å². The highest BCUT2D eigenvalue weighted by Crippen LogP contribution is 2.40. The zero-order chi connectivity index (χ0) is 21.3. The fourth-order valence-electron chi connectivity index (χ4n) is 3.61. The molecule has 1 saturated carbocycles. The third-order valence-electron chi connectivity index (χ3n) is 5.12. The number of rotatable bonds is 4. The van der Waals surface area contributed by atoms with E-state index in [9.17, 15) is 9.59 Å². The topological polar surface area (TPSA) is 88.2 Å². The van der Waals surface area contributed by atoms with Gasteiger partial charge >= 0.3 is 6.09 Å². The summed E-state index contributed by atoms with van der Waals surface area (Å²) in [6.07, 6.45) is 4.90. The Labute approximate surface area is 172 Å². The first-order valence-electron chi connectivity index (χ1n) is 10.1. The number of aryl methyl sites for hydroxylation is 1. The molecule has 1 unspecified atom stereocenters. The van der Waals surface area contributed by atoms with Crippen LogP contribution in [0, 0.1) is 6.92 Å². The van der Waals surface area contributed by atoms with Crippen molar-refractivity contribution in [2.45, 2.75) is 65.6 Å². The van der Waals surface area contributed by atoms with Crippen LogP contribution in [0.4, 0.5) is 16.2 Å². The summed E-state index contributed by atoms with van der Waals surface area (Å²) in [5.74, 6) is -0.0623. The number of allylic oxidation sites excluding steroid dienone is 1. The van der Waals surface area contributed by atoms with Crippen molar-refractivity contribution in [3.05, 3.63) is 29.5 Å². The van der Waals surface area contributed by atoms with E-state index < -0.39 is 6.09 Å². The molecule has 1 aromatic carbocycles. The van der Waals surface area contributed by atoms with Gasteiger partial charge in [-0.3, -0.25) is 14.7 Å². The standard InChI is InChI=1S/C22H30N4O3/c1-13(2)29-22(28)25-12-15(4)26(16(5)27)21-8-14(3)19(9-20(21)25)17(10-23)11-24-18-6-7-18/h8-11,13,15,18H,6-7,12,23H2,1-5H3. The number of benzene rings is 1. The Hall–Kier alpha value is -2.83. The number of amides is 2. The summed E-state index contributed by atoms with van der Waals surface area (Å²) in [5, 5.41) is 0. The Morgan fingerprint density at radius 3 is 2.52 bits per heavy atom. The smallest absolute Gasteiger partial charge is 0.414 e. The number of hydrogen-bond acceptors (Lipinski definition) is 5. The first-order chi connectivity index (χ1) is 13.7. The van der Waals surface area contributed by atoms with Crippen LogP contribution in [0.5, 0.6) is 0 Å². The minimum atomic E-state index is -0.420. The van der Waals surface area contributed by atoms with E-state index in [0.717, 1.165) is 29.5 Å². The van der Waals surface area contributed by atoms with Crippen molar-refractivity contribution in [3.63, 3.8) is 0 Å². The summed E-state index contributed by atoms with van der Waals surface area (Å²) in [5.41, 5.74) is 9.87. The van der Waals surface area contributed by atoms with Gasteiger partial charge < -0.3 is 15.4 Å². The van der Waals surface area contributed by atoms with Crippen molar-refractivity contribution >= 4 is 35.2 Å². The van der Waals surface area contributed by atoms with Gasteiger partial charge in [-0.25, -0.2) is 4.79 Å². The highest BCUT2D eigenvalue weighted by Gasteiger charge is 2.35. The molecule has 1 atom stereocenters. The molecular weight excluding hydrogens is 368 g/mol. The summed E-state index contributed by atoms with van der Waals surface area (Å²) >= 11 is 0. The summed E-state index contributed by atoms with van der Waals surface area (Å²) in [7, 11) is 0. The monoisotopic (exact) mass is 398 g/mol. The molecule has 7 nitrogen and oxygen atoms in total. The molecule has 2 N–H and O–H groups in total. The number of carbonyl (C=O) groups is 2. The fourth-order valence-corrected chi connectivity index (χ4v) is 3.61. The van der Waals surface area contributed by atoms with E-state index in [1.807, 2.05) is 39.8 Å². The number of hydrogen-bond donors (Lipinski definition) is 1. The number of ether oxygens (including phenoxy) is 1. The predicted octanol–water partition coefficient (Wildman–Crippen LogP) is 3.63. The minimum absolute atomic E-state index is 0.0623. The number of nitrogens with zero attached hydrogens (tertiary/aromatic N) is 3. The molecular formula is C22H30N4O3. The van der Waals surface area contributed by atoms with Crippen LogP contribution in [-0.4, -0.2) is 42.9 Å². The zero-order valence-corrected chi connectivity index (χ0v) is 17.8. The first kappa shape index (κ1) is 20.9. The molecule has 29 heavy (non-hydrogen) atoms. The second-order valence-corrected chi connectivity index (χ2v) is 8.07. The molecule has 7 heteroatoms. The molecule has 1 aliphatic heterocycles. The van der Waals surface area contributed by atoms with Crippen LogP contribution in [-0.2, 0) is 9.53 Å². The average Bonchev–Trinajstić information content (AvgIpc) is 3.45. The minimum Gasteiger partial charge on any atom is -0.446 e. The number of fused-ring (bicyclic) bond motifs is 1. The maximum Gasteiger partial charge on any atom is 0.414 e. The number of nitrogens with two attached hydrogens (primary N) is 1. The third kappa shape index (κ3) is 4.44. The summed E-state index contributed by atoms with van der Waals surface area (Å²) in [6, 6.07) is 4.07. The van der Waals surface area contributed by atoms with E-state index in [0.29, 0.717) is 24.0 Å². The van der Waals surface area contributed by atoms with Crippen molar-refractivity contribution in [1.29, 1.82) is 0 Å². The third-order valence-corrected chi connectivity index (χ3v) is 5.12. The molecule has 2 amide bonds. The van der Waals surface area contributed by atoms with Crippen LogP contribution in [0.2, 0.25) is 0 Å². The van der Waals surface area contributed by atoms with E-state index in [-0.39, 0.29) is 18.1 Å². The van der Waals surface area contributed by atoms with E-state index in [1.165, 1.54) is 6.20 Å². The van der Waals surface area contributed by atoms with Crippen molar-refractivity contribution < 1.29 is 14.3 Å². The Morgan fingerprint density at radius 1 is 1.28 bits per heavy atom. The number of anilines is 2. The second kappa shape index (κ2) is 8.27. The highest BCUT2D eigenvalue weighted by molar-refractivity contribution is 6.12. The lowest BCUT2D eigenvalue weighted by Crippen LogP contribution is -2.51. The van der Waals surface area contributed by atoms with Gasteiger partial charge in [0.25, 0.3) is 0 Å². The van der Waals surface area contributed by atoms with Crippen LogP contribution >= 0.6 is 0 Å². The summed E-state index contributed by atoms with van der Waals surface area (Å²) in [4.78, 5) is 33.0. The van der Waals surface area contributed by atoms with E-state index in [1.54, 1.807) is 22.9 Å². The molecule has 1 fully saturated rings. The summed E-state index contributed by atoms with van der Waals surface area (Å²) in [6.45, 7) is 9.43. The molecule has 0 bridgehead atoms. The molecule has 0 radical (unpaired) electrons. The normalized spacial score (nSPS) is 19.7. The van der Waals surface area contributed by atoms with Crippen LogP contribution in [0.25, 0.3) is 5.57 Å². The van der Waals surface area contributed by atoms with Gasteiger partial charge in [0.1, 0.15) is 0 Å². The molecule has 0 saturated heterocycles. The predicted molar refractivity (Wildman–Crippen MR) is 116 cm³/mol. The molecule has 2 aliphatic rings. The molecule has 0 spiro atoms. The number of aliphatic imine (C=N–C) groups is 1. The van der Waals surface area contributed by atoms with Crippen molar-refractivity contribution in [1.82, 2.24) is 0 Å². The van der Waals surface area contributed by atoms with E-state index in [4.69, 9.17) is 10.5 Å². The van der Waals surface area contributed by atoms with Crippen LogP contribution in [0.1, 0.15) is 51.7 Å². The van der Waals surface area contributed by atoms with Gasteiger partial charge in [0.15, 0.2) is 0 Å². The van der Waals surface area contributed by atoms with E-state index >= 15 is 0 Å². The van der Waals surface area contributed by atoms with E-state index in [2.05, 4.69) is 4.99 Å². The maximum absolute atomic E-state index is 12.8. The first-order valence-corrected chi connectivity index (χ1v) is 10.1. The summed E-state index contributed by atoms with van der Waals surface area (Å²) < 4.78 is 5.45. The lowest BCUT2D eigenvalue weighted by atomic mass is 9.97. The van der Waals surface area contributed by atoms with Gasteiger partial charge in [-0.2, -0.15) is 0 Å². The van der Waals surface area contributed by atoms with Crippen molar-refractivity contribution in [2.75, 3.05) is 16.3 Å². The average molecular weight is 399 g/mol. The lowest BCUT2D eigenvalue weighted by molar-refractivity contribution is -0.117. The molecule has 1 aliphatic carbocycles. The Morgan fingerprint density at radius 2 is 1.97 bits per heavy atom. The largest absolute Gasteiger partial charge is 0.446 e. The lowest BCUT2D eigenvalue weighted by Gasteiger charge is -2.41. The fraction of sp³-hybridized carbons (Fsp3) is 0.500. The molecule has 0 aromatic heterocycles. The second-order valence-electron chi connectivity index (χ2n) is 8.07. The van der Waals surface area contributed by atoms with Crippen LogP contribution in [0.15, 0.2) is 23.3 Å². The van der Waals surface area contributed by atoms with Gasteiger partial charge in [-0.15, -0.1) is 0 Å². The Kier molecular flexibility index (Phi) is 5.96. The Bertz CT molecular complexity index is 871. The van der Waals surface area contributed by atoms with Gasteiger partial charge in [0.2, 0.25) is 5.91 Å². The molecule has 3 rings (SSSR count).